The zero-order chi connectivity index (χ0) is 14.9. The van der Waals surface area contributed by atoms with E-state index in [0.717, 1.165) is 0 Å². The Balaban J connectivity index is 2.32. The van der Waals surface area contributed by atoms with Gasteiger partial charge >= 0.3 is 6.09 Å². The van der Waals surface area contributed by atoms with Crippen LogP contribution in [0.1, 0.15) is 6.92 Å². The number of anilines is 1. The van der Waals surface area contributed by atoms with E-state index < -0.39 is 16.1 Å². The fraction of sp³-hybridized carbons (Fsp3) is 0.455. The zero-order valence-electron chi connectivity index (χ0n) is 10.9. The van der Waals surface area contributed by atoms with E-state index in [1.807, 2.05) is 6.92 Å². The molecular weight excluding hydrogens is 284 g/mol. The minimum Gasteiger partial charge on any atom is -0.465 e. The third-order valence-corrected chi connectivity index (χ3v) is 4.16. The summed E-state index contributed by atoms with van der Waals surface area (Å²) in [6.45, 7) is 2.76. The molecule has 1 aromatic heterocycles. The minimum atomic E-state index is -3.87. The summed E-state index contributed by atoms with van der Waals surface area (Å²) in [5.74, 6) is 0.271. The molecule has 0 aliphatic carbocycles. The first kappa shape index (κ1) is 14.5. The van der Waals surface area contributed by atoms with Crippen LogP contribution in [0.4, 0.5) is 10.6 Å². The maximum atomic E-state index is 11.6. The summed E-state index contributed by atoms with van der Waals surface area (Å²) in [6, 6.07) is 2.71. The largest absolute Gasteiger partial charge is 0.465 e. The predicted octanol–water partition coefficient (Wildman–Crippen LogP) is -0.0825. The van der Waals surface area contributed by atoms with Crippen molar-refractivity contribution in [1.82, 2.24) is 9.88 Å². The molecule has 110 valence electrons. The van der Waals surface area contributed by atoms with Crippen molar-refractivity contribution in [3.63, 3.8) is 0 Å². The Labute approximate surface area is 116 Å². The normalized spacial score (nSPS) is 20.0. The molecule has 0 unspecified atom stereocenters. The molecule has 0 saturated carbocycles. The first-order valence-corrected chi connectivity index (χ1v) is 7.57. The van der Waals surface area contributed by atoms with Crippen molar-refractivity contribution in [2.45, 2.75) is 17.9 Å². The van der Waals surface area contributed by atoms with Crippen molar-refractivity contribution >= 4 is 21.9 Å². The third kappa shape index (κ3) is 2.83. The summed E-state index contributed by atoms with van der Waals surface area (Å²) >= 11 is 0. The summed E-state index contributed by atoms with van der Waals surface area (Å²) in [4.78, 5) is 18.0. The lowest BCUT2D eigenvalue weighted by atomic mass is 10.2. The smallest absolute Gasteiger partial charge is 0.407 e. The highest BCUT2D eigenvalue weighted by molar-refractivity contribution is 7.89. The van der Waals surface area contributed by atoms with Gasteiger partial charge in [-0.15, -0.1) is 0 Å². The average molecular weight is 300 g/mol. The summed E-state index contributed by atoms with van der Waals surface area (Å²) < 4.78 is 23.2. The molecule has 2 rings (SSSR count). The van der Waals surface area contributed by atoms with E-state index in [1.165, 1.54) is 23.2 Å². The van der Waals surface area contributed by atoms with Gasteiger partial charge in [0.25, 0.3) is 0 Å². The van der Waals surface area contributed by atoms with Gasteiger partial charge in [-0.3, -0.25) is 0 Å². The molecule has 1 amide bonds. The molecule has 1 saturated heterocycles. The highest BCUT2D eigenvalue weighted by Crippen LogP contribution is 2.25. The van der Waals surface area contributed by atoms with Crippen molar-refractivity contribution in [2.24, 2.45) is 5.14 Å². The van der Waals surface area contributed by atoms with Gasteiger partial charge < -0.3 is 14.9 Å². The number of primary sulfonamides is 1. The van der Waals surface area contributed by atoms with Gasteiger partial charge in [0.2, 0.25) is 10.0 Å². The van der Waals surface area contributed by atoms with Crippen LogP contribution in [-0.4, -0.2) is 55.2 Å². The lowest BCUT2D eigenvalue weighted by molar-refractivity contribution is 0.136. The second-order valence-corrected chi connectivity index (χ2v) is 6.17. The topological polar surface area (TPSA) is 117 Å². The highest BCUT2D eigenvalue weighted by atomic mass is 32.2. The van der Waals surface area contributed by atoms with Gasteiger partial charge in [-0.1, -0.05) is 0 Å². The number of carboxylic acid groups (broad SMARTS) is 1. The number of amides is 1. The van der Waals surface area contributed by atoms with E-state index in [2.05, 4.69) is 4.98 Å². The Morgan fingerprint density at radius 1 is 1.50 bits per heavy atom. The lowest BCUT2D eigenvalue weighted by Crippen LogP contribution is -2.54. The molecule has 0 bridgehead atoms. The van der Waals surface area contributed by atoms with E-state index in [9.17, 15) is 13.2 Å². The number of nitrogens with two attached hydrogens (primary N) is 1. The second-order valence-electron chi connectivity index (χ2n) is 4.64. The van der Waals surface area contributed by atoms with Crippen molar-refractivity contribution in [3.8, 4) is 0 Å². The molecule has 0 aromatic carbocycles. The first-order chi connectivity index (χ1) is 9.30. The molecule has 1 aromatic rings. The summed E-state index contributed by atoms with van der Waals surface area (Å²) in [6.07, 6.45) is 0.504. The van der Waals surface area contributed by atoms with E-state index in [1.54, 1.807) is 4.90 Å². The number of carbonyl (C=O) groups is 1. The van der Waals surface area contributed by atoms with Gasteiger partial charge in [0.05, 0.1) is 0 Å². The van der Waals surface area contributed by atoms with Gasteiger partial charge in [0.15, 0.2) is 0 Å². The van der Waals surface area contributed by atoms with Gasteiger partial charge in [-0.2, -0.15) is 0 Å². The molecule has 20 heavy (non-hydrogen) atoms. The molecule has 1 atom stereocenters. The number of aromatic nitrogens is 1. The summed E-state index contributed by atoms with van der Waals surface area (Å²) in [5.41, 5.74) is 0. The van der Waals surface area contributed by atoms with Crippen molar-refractivity contribution in [2.75, 3.05) is 24.5 Å². The molecular formula is C11H16N4O4S. The Morgan fingerprint density at radius 3 is 2.75 bits per heavy atom. The van der Waals surface area contributed by atoms with Crippen LogP contribution in [0.15, 0.2) is 23.2 Å². The van der Waals surface area contributed by atoms with E-state index >= 15 is 0 Å². The predicted molar refractivity (Wildman–Crippen MR) is 72.0 cm³/mol. The van der Waals surface area contributed by atoms with E-state index in [0.29, 0.717) is 13.1 Å². The second kappa shape index (κ2) is 5.25. The van der Waals surface area contributed by atoms with Crippen molar-refractivity contribution < 1.29 is 18.3 Å². The van der Waals surface area contributed by atoms with Crippen molar-refractivity contribution in [3.05, 3.63) is 18.3 Å². The molecule has 2 heterocycles. The Morgan fingerprint density at radius 2 is 2.20 bits per heavy atom. The maximum absolute atomic E-state index is 11.6. The fourth-order valence-corrected chi connectivity index (χ4v) is 2.96. The Bertz CT molecular complexity index is 619. The number of pyridine rings is 1. The first-order valence-electron chi connectivity index (χ1n) is 6.03. The molecule has 1 aliphatic heterocycles. The van der Waals surface area contributed by atoms with Crippen LogP contribution in [0.3, 0.4) is 0 Å². The van der Waals surface area contributed by atoms with E-state index in [-0.39, 0.29) is 23.3 Å². The zero-order valence-corrected chi connectivity index (χ0v) is 11.7. The van der Waals surface area contributed by atoms with Crippen LogP contribution in [0.2, 0.25) is 0 Å². The SMILES string of the molecule is C[C@H]1CN(C(=O)O)CCN1c1ncccc1S(N)(=O)=O. The van der Waals surface area contributed by atoms with Crippen LogP contribution < -0.4 is 10.0 Å². The number of hydrogen-bond acceptors (Lipinski definition) is 5. The van der Waals surface area contributed by atoms with Gasteiger partial charge in [0, 0.05) is 31.9 Å². The summed E-state index contributed by atoms with van der Waals surface area (Å²) in [7, 11) is -3.87. The van der Waals surface area contributed by atoms with E-state index in [4.69, 9.17) is 10.2 Å². The van der Waals surface area contributed by atoms with Crippen LogP contribution in [0, 0.1) is 0 Å². The quantitative estimate of drug-likeness (QED) is 0.789. The van der Waals surface area contributed by atoms with Crippen LogP contribution in [0.25, 0.3) is 0 Å². The van der Waals surface area contributed by atoms with Crippen LogP contribution in [-0.2, 0) is 10.0 Å². The van der Waals surface area contributed by atoms with Gasteiger partial charge in [-0.25, -0.2) is 23.3 Å². The molecule has 9 heteroatoms. The maximum Gasteiger partial charge on any atom is 0.407 e. The lowest BCUT2D eigenvalue weighted by Gasteiger charge is -2.39. The highest BCUT2D eigenvalue weighted by Gasteiger charge is 2.30. The minimum absolute atomic E-state index is 0.0457. The standard InChI is InChI=1S/C11H16N4O4S/c1-8-7-14(11(16)17)5-6-15(8)10-9(20(12,18)19)3-2-4-13-10/h2-4,8H,5-7H2,1H3,(H,16,17)(H2,12,18,19)/t8-/m0/s1. The van der Waals surface area contributed by atoms with Gasteiger partial charge in [-0.05, 0) is 19.1 Å². The molecule has 3 N–H and O–H groups in total. The summed E-state index contributed by atoms with van der Waals surface area (Å²) in [5, 5.41) is 14.2. The van der Waals surface area contributed by atoms with Crippen LogP contribution >= 0.6 is 0 Å². The Hall–Kier alpha value is -1.87. The molecule has 0 radical (unpaired) electrons. The molecule has 0 spiro atoms. The van der Waals surface area contributed by atoms with Gasteiger partial charge in [0.1, 0.15) is 10.7 Å². The fourth-order valence-electron chi connectivity index (χ4n) is 2.27. The molecule has 1 aliphatic rings. The number of piperazine rings is 1. The number of nitrogens with zero attached hydrogens (tertiary/aromatic N) is 3. The monoisotopic (exact) mass is 300 g/mol. The molecule has 8 nitrogen and oxygen atoms in total. The number of rotatable bonds is 2. The third-order valence-electron chi connectivity index (χ3n) is 3.23. The molecule has 1 fully saturated rings. The Kier molecular flexibility index (Phi) is 3.82. The van der Waals surface area contributed by atoms with Crippen LogP contribution in [0.5, 0.6) is 0 Å². The number of hydrogen-bond donors (Lipinski definition) is 2. The number of sulfonamides is 1. The average Bonchev–Trinajstić information content (AvgIpc) is 2.37. The van der Waals surface area contributed by atoms with Crippen molar-refractivity contribution in [1.29, 1.82) is 0 Å².